The van der Waals surface area contributed by atoms with Crippen LogP contribution in [0, 0.1) is 6.92 Å². The molecule has 1 aromatic rings. The van der Waals surface area contributed by atoms with Crippen molar-refractivity contribution in [3.63, 3.8) is 0 Å². The second-order valence-corrected chi connectivity index (χ2v) is 2.97. The zero-order chi connectivity index (χ0) is 9.84. The molecule has 0 atom stereocenters. The molecule has 1 aromatic carbocycles. The summed E-state index contributed by atoms with van der Waals surface area (Å²) in [4.78, 5) is 10.6. The van der Waals surface area contributed by atoms with Crippen LogP contribution in [0.2, 0.25) is 0 Å². The highest BCUT2D eigenvalue weighted by molar-refractivity contribution is 5.80. The van der Waals surface area contributed by atoms with Crippen molar-refractivity contribution >= 4 is 6.29 Å². The van der Waals surface area contributed by atoms with E-state index in [0.717, 1.165) is 11.1 Å². The van der Waals surface area contributed by atoms with Crippen molar-refractivity contribution in [2.24, 2.45) is 0 Å². The molecule has 0 aliphatic rings. The van der Waals surface area contributed by atoms with Crippen LogP contribution in [0.5, 0.6) is 5.75 Å². The molecule has 13 heavy (non-hydrogen) atoms. The van der Waals surface area contributed by atoms with Gasteiger partial charge in [0.25, 0.3) is 0 Å². The Balaban J connectivity index is 3.25. The van der Waals surface area contributed by atoms with E-state index in [1.807, 2.05) is 13.0 Å². The predicted molar refractivity (Wildman–Crippen MR) is 52.1 cm³/mol. The maximum atomic E-state index is 10.6. The Morgan fingerprint density at radius 3 is 2.77 bits per heavy atom. The van der Waals surface area contributed by atoms with E-state index in [1.54, 1.807) is 12.1 Å². The van der Waals surface area contributed by atoms with Crippen LogP contribution in [0.1, 0.15) is 21.5 Å². The Hall–Kier alpha value is -1.57. The molecule has 0 unspecified atom stereocenters. The number of aryl methyl sites for hydroxylation is 1. The molecule has 1 N–H and O–H groups in total. The molecule has 0 amide bonds. The number of carbonyl (C=O) groups is 1. The van der Waals surface area contributed by atoms with E-state index in [9.17, 15) is 9.90 Å². The quantitative estimate of drug-likeness (QED) is 0.566. The normalized spacial score (nSPS) is 9.62. The van der Waals surface area contributed by atoms with Crippen molar-refractivity contribution in [1.82, 2.24) is 0 Å². The second kappa shape index (κ2) is 3.90. The number of hydrogen-bond donors (Lipinski definition) is 1. The van der Waals surface area contributed by atoms with Crippen molar-refractivity contribution in [3.8, 4) is 5.75 Å². The van der Waals surface area contributed by atoms with Crippen LogP contribution in [-0.2, 0) is 6.42 Å². The van der Waals surface area contributed by atoms with Gasteiger partial charge in [-0.3, -0.25) is 4.79 Å². The summed E-state index contributed by atoms with van der Waals surface area (Å²) in [6.45, 7) is 5.47. The van der Waals surface area contributed by atoms with Gasteiger partial charge in [-0.25, -0.2) is 0 Å². The summed E-state index contributed by atoms with van der Waals surface area (Å²) < 4.78 is 0. The van der Waals surface area contributed by atoms with Crippen LogP contribution < -0.4 is 0 Å². The molecule has 0 radical (unpaired) electrons. The van der Waals surface area contributed by atoms with E-state index in [-0.39, 0.29) is 5.75 Å². The van der Waals surface area contributed by atoms with E-state index >= 15 is 0 Å². The first-order valence-corrected chi connectivity index (χ1v) is 4.07. The minimum Gasteiger partial charge on any atom is -0.507 e. The van der Waals surface area contributed by atoms with Gasteiger partial charge >= 0.3 is 0 Å². The molecular formula is C11H12O2. The summed E-state index contributed by atoms with van der Waals surface area (Å²) in [5.41, 5.74) is 2.06. The SMILES string of the molecule is C=CCc1cc(C)cc(C=O)c1O. The molecular weight excluding hydrogens is 164 g/mol. The molecule has 0 aliphatic heterocycles. The van der Waals surface area contributed by atoms with Crippen LogP contribution in [0.3, 0.4) is 0 Å². The van der Waals surface area contributed by atoms with Crippen molar-refractivity contribution in [1.29, 1.82) is 0 Å². The number of allylic oxidation sites excluding steroid dienone is 1. The van der Waals surface area contributed by atoms with Gasteiger partial charge < -0.3 is 5.11 Å². The summed E-state index contributed by atoms with van der Waals surface area (Å²) in [5.74, 6) is 0.0699. The zero-order valence-corrected chi connectivity index (χ0v) is 7.58. The summed E-state index contributed by atoms with van der Waals surface area (Å²) >= 11 is 0. The molecule has 0 spiro atoms. The minimum absolute atomic E-state index is 0.0699. The first-order chi connectivity index (χ1) is 6.19. The first-order valence-electron chi connectivity index (χ1n) is 4.07. The van der Waals surface area contributed by atoms with Crippen molar-refractivity contribution in [2.45, 2.75) is 13.3 Å². The van der Waals surface area contributed by atoms with Crippen molar-refractivity contribution < 1.29 is 9.90 Å². The third-order valence-corrected chi connectivity index (χ3v) is 1.85. The molecule has 2 nitrogen and oxygen atoms in total. The van der Waals surface area contributed by atoms with Crippen molar-refractivity contribution in [2.75, 3.05) is 0 Å². The Morgan fingerprint density at radius 2 is 2.23 bits per heavy atom. The van der Waals surface area contributed by atoms with Crippen LogP contribution in [-0.4, -0.2) is 11.4 Å². The van der Waals surface area contributed by atoms with E-state index in [2.05, 4.69) is 6.58 Å². The smallest absolute Gasteiger partial charge is 0.153 e. The number of aromatic hydroxyl groups is 1. The average molecular weight is 176 g/mol. The third-order valence-electron chi connectivity index (χ3n) is 1.85. The van der Waals surface area contributed by atoms with Gasteiger partial charge in [0.2, 0.25) is 0 Å². The minimum atomic E-state index is 0.0699. The maximum Gasteiger partial charge on any atom is 0.153 e. The number of carbonyl (C=O) groups excluding carboxylic acids is 1. The van der Waals surface area contributed by atoms with Crippen molar-refractivity contribution in [3.05, 3.63) is 41.5 Å². The molecule has 0 saturated carbocycles. The fraction of sp³-hybridized carbons (Fsp3) is 0.182. The van der Waals surface area contributed by atoms with Gasteiger partial charge in [0, 0.05) is 0 Å². The molecule has 1 rings (SSSR count). The fourth-order valence-electron chi connectivity index (χ4n) is 1.28. The highest BCUT2D eigenvalue weighted by Gasteiger charge is 2.06. The van der Waals surface area contributed by atoms with Crippen LogP contribution in [0.25, 0.3) is 0 Å². The topological polar surface area (TPSA) is 37.3 Å². The summed E-state index contributed by atoms with van der Waals surface area (Å²) in [6.07, 6.45) is 2.94. The summed E-state index contributed by atoms with van der Waals surface area (Å²) in [5, 5.41) is 9.57. The summed E-state index contributed by atoms with van der Waals surface area (Å²) in [7, 11) is 0. The number of aldehydes is 1. The average Bonchev–Trinajstić information content (AvgIpc) is 2.11. The standard InChI is InChI=1S/C11H12O2/c1-3-4-9-5-8(2)6-10(7-12)11(9)13/h3,5-7,13H,1,4H2,2H3. The lowest BCUT2D eigenvalue weighted by Crippen LogP contribution is -1.90. The molecule has 0 saturated heterocycles. The first kappa shape index (κ1) is 9.52. The lowest BCUT2D eigenvalue weighted by Gasteiger charge is -2.05. The molecule has 0 heterocycles. The van der Waals surface area contributed by atoms with Crippen LogP contribution in [0.4, 0.5) is 0 Å². The van der Waals surface area contributed by atoms with E-state index in [4.69, 9.17) is 0 Å². The highest BCUT2D eigenvalue weighted by atomic mass is 16.3. The monoisotopic (exact) mass is 176 g/mol. The van der Waals surface area contributed by atoms with Gasteiger partial charge in [-0.05, 0) is 30.5 Å². The second-order valence-electron chi connectivity index (χ2n) is 2.97. The molecule has 2 heteroatoms. The Kier molecular flexibility index (Phi) is 2.85. The summed E-state index contributed by atoms with van der Waals surface area (Å²) in [6, 6.07) is 3.51. The predicted octanol–water partition coefficient (Wildman–Crippen LogP) is 2.24. The third kappa shape index (κ3) is 1.96. The largest absolute Gasteiger partial charge is 0.507 e. The Morgan fingerprint density at radius 1 is 1.54 bits per heavy atom. The highest BCUT2D eigenvalue weighted by Crippen LogP contribution is 2.23. The van der Waals surface area contributed by atoms with Gasteiger partial charge in [-0.1, -0.05) is 12.1 Å². The molecule has 68 valence electrons. The number of phenolic OH excluding ortho intramolecular Hbond substituents is 1. The van der Waals surface area contributed by atoms with E-state index < -0.39 is 0 Å². The van der Waals surface area contributed by atoms with E-state index in [1.165, 1.54) is 0 Å². The lowest BCUT2D eigenvalue weighted by atomic mass is 10.0. The Labute approximate surface area is 77.5 Å². The number of hydrogen-bond acceptors (Lipinski definition) is 2. The number of benzene rings is 1. The van der Waals surface area contributed by atoms with Gasteiger partial charge in [-0.15, -0.1) is 6.58 Å². The fourth-order valence-corrected chi connectivity index (χ4v) is 1.28. The number of phenols is 1. The molecule has 0 bridgehead atoms. The van der Waals surface area contributed by atoms with Gasteiger partial charge in [-0.2, -0.15) is 0 Å². The van der Waals surface area contributed by atoms with Crippen LogP contribution in [0.15, 0.2) is 24.8 Å². The van der Waals surface area contributed by atoms with E-state index in [0.29, 0.717) is 18.3 Å². The zero-order valence-electron chi connectivity index (χ0n) is 7.58. The van der Waals surface area contributed by atoms with Crippen LogP contribution >= 0.6 is 0 Å². The molecule has 0 aliphatic carbocycles. The molecule has 0 fully saturated rings. The maximum absolute atomic E-state index is 10.6. The number of rotatable bonds is 3. The van der Waals surface area contributed by atoms with Gasteiger partial charge in [0.15, 0.2) is 6.29 Å². The molecule has 0 aromatic heterocycles. The van der Waals surface area contributed by atoms with Gasteiger partial charge in [0.1, 0.15) is 5.75 Å². The Bertz CT molecular complexity index is 340. The lowest BCUT2D eigenvalue weighted by molar-refractivity contribution is 0.112. The van der Waals surface area contributed by atoms with Gasteiger partial charge in [0.05, 0.1) is 5.56 Å².